The third-order valence-corrected chi connectivity index (χ3v) is 17.2. The topological polar surface area (TPSA) is 95.9 Å². The molecule has 0 fully saturated rings. The van der Waals surface area contributed by atoms with Crippen molar-refractivity contribution in [3.05, 3.63) is 36.5 Å². The molecule has 6 nitrogen and oxygen atoms in total. The molecule has 81 heavy (non-hydrogen) atoms. The van der Waals surface area contributed by atoms with Crippen molar-refractivity contribution in [2.75, 3.05) is 13.2 Å². The highest BCUT2D eigenvalue weighted by molar-refractivity contribution is 5.76. The fourth-order valence-corrected chi connectivity index (χ4v) is 11.5. The lowest BCUT2D eigenvalue weighted by atomic mass is 10.0. The number of hydrogen-bond acceptors (Lipinski definition) is 5. The second-order valence-corrected chi connectivity index (χ2v) is 25.3. The van der Waals surface area contributed by atoms with Gasteiger partial charge in [-0.2, -0.15) is 0 Å². The van der Waals surface area contributed by atoms with Gasteiger partial charge in [0.25, 0.3) is 0 Å². The average Bonchev–Trinajstić information content (AvgIpc) is 3.47. The van der Waals surface area contributed by atoms with Crippen LogP contribution in [0.1, 0.15) is 406 Å². The van der Waals surface area contributed by atoms with Gasteiger partial charge in [0.05, 0.1) is 25.4 Å². The van der Waals surface area contributed by atoms with Crippen LogP contribution in [0.25, 0.3) is 0 Å². The predicted octanol–water partition coefficient (Wildman–Crippen LogP) is 23.9. The normalized spacial score (nSPS) is 12.7. The van der Waals surface area contributed by atoms with E-state index >= 15 is 0 Å². The predicted molar refractivity (Wildman–Crippen MR) is 356 cm³/mol. The van der Waals surface area contributed by atoms with Crippen LogP contribution in [-0.4, -0.2) is 47.4 Å². The summed E-state index contributed by atoms with van der Waals surface area (Å²) in [6.45, 7) is 4.94. The lowest BCUT2D eigenvalue weighted by Gasteiger charge is -2.22. The number of amides is 1. The highest BCUT2D eigenvalue weighted by Gasteiger charge is 2.20. The highest BCUT2D eigenvalue weighted by atomic mass is 16.5. The minimum Gasteiger partial charge on any atom is -0.466 e. The average molecular weight is 1140 g/mol. The van der Waals surface area contributed by atoms with E-state index in [1.807, 2.05) is 0 Å². The summed E-state index contributed by atoms with van der Waals surface area (Å²) in [7, 11) is 0. The second-order valence-electron chi connectivity index (χ2n) is 25.3. The molecular weight excluding hydrogens is 995 g/mol. The molecule has 0 aliphatic carbocycles. The van der Waals surface area contributed by atoms with E-state index in [0.717, 1.165) is 51.4 Å². The first-order valence-corrected chi connectivity index (χ1v) is 36.7. The molecule has 0 aromatic heterocycles. The lowest BCUT2D eigenvalue weighted by molar-refractivity contribution is -0.143. The van der Waals surface area contributed by atoms with Crippen LogP contribution >= 0.6 is 0 Å². The van der Waals surface area contributed by atoms with Crippen LogP contribution in [0.4, 0.5) is 0 Å². The molecule has 0 saturated heterocycles. The van der Waals surface area contributed by atoms with Gasteiger partial charge in [-0.3, -0.25) is 9.59 Å². The summed E-state index contributed by atoms with van der Waals surface area (Å²) in [5.74, 6) is -0.0200. The fourth-order valence-electron chi connectivity index (χ4n) is 11.5. The number of unbranched alkanes of at least 4 members (excludes halogenated alkanes) is 52. The van der Waals surface area contributed by atoms with Crippen molar-refractivity contribution in [2.45, 2.75) is 418 Å². The van der Waals surface area contributed by atoms with Crippen molar-refractivity contribution in [1.82, 2.24) is 5.32 Å². The van der Waals surface area contributed by atoms with Gasteiger partial charge in [-0.25, -0.2) is 0 Å². The molecule has 0 bridgehead atoms. The first-order chi connectivity index (χ1) is 40.0. The Kier molecular flexibility index (Phi) is 68.9. The zero-order chi connectivity index (χ0) is 58.5. The van der Waals surface area contributed by atoms with Crippen LogP contribution in [0.3, 0.4) is 0 Å². The summed E-state index contributed by atoms with van der Waals surface area (Å²) in [4.78, 5) is 24.5. The molecule has 478 valence electrons. The Balaban J connectivity index is 3.35. The van der Waals surface area contributed by atoms with Gasteiger partial charge in [0.15, 0.2) is 0 Å². The number of hydrogen-bond donors (Lipinski definition) is 3. The summed E-state index contributed by atoms with van der Waals surface area (Å²) in [6, 6.07) is -0.538. The summed E-state index contributed by atoms with van der Waals surface area (Å²) in [6.07, 6.45) is 90.8. The monoisotopic (exact) mass is 1140 g/mol. The van der Waals surface area contributed by atoms with Crippen LogP contribution in [0.5, 0.6) is 0 Å². The van der Waals surface area contributed by atoms with Crippen LogP contribution in [0.15, 0.2) is 36.5 Å². The minimum atomic E-state index is -0.661. The van der Waals surface area contributed by atoms with E-state index in [2.05, 4.69) is 55.6 Å². The van der Waals surface area contributed by atoms with Gasteiger partial charge in [-0.15, -0.1) is 0 Å². The van der Waals surface area contributed by atoms with E-state index in [-0.39, 0.29) is 18.5 Å². The third kappa shape index (κ3) is 67.1. The molecule has 6 heteroatoms. The van der Waals surface area contributed by atoms with Gasteiger partial charge in [0, 0.05) is 12.8 Å². The molecular formula is C75H143NO5. The number of aliphatic hydroxyl groups excluding tert-OH is 2. The lowest BCUT2D eigenvalue weighted by Crippen LogP contribution is -2.45. The molecule has 1 amide bonds. The van der Waals surface area contributed by atoms with E-state index in [1.54, 1.807) is 0 Å². The summed E-state index contributed by atoms with van der Waals surface area (Å²) >= 11 is 0. The van der Waals surface area contributed by atoms with Gasteiger partial charge in [-0.1, -0.05) is 352 Å². The van der Waals surface area contributed by atoms with E-state index in [4.69, 9.17) is 4.74 Å². The zero-order valence-corrected chi connectivity index (χ0v) is 54.8. The molecule has 0 aromatic carbocycles. The second kappa shape index (κ2) is 70.6. The van der Waals surface area contributed by atoms with Crippen LogP contribution in [0.2, 0.25) is 0 Å². The standard InChI is InChI=1S/C75H143NO5/c1-3-5-7-9-11-13-15-16-44-48-51-55-59-63-67-73(78)72(71-77)76-74(79)68-64-60-56-52-49-45-42-40-38-36-34-32-30-28-26-24-22-20-18-17-19-21-23-25-27-29-31-33-35-37-39-41-43-46-50-54-58-62-66-70-81-75(80)69-65-61-57-53-47-14-12-10-8-6-4-2/h10,12,17-18,21,23,72-73,77-78H,3-9,11,13-16,19-20,22,24-71H2,1-2H3,(H,76,79)/b12-10-,18-17-,23-21-. The van der Waals surface area contributed by atoms with Gasteiger partial charge in [-0.05, 0) is 77.0 Å². The summed E-state index contributed by atoms with van der Waals surface area (Å²) < 4.78 is 5.47. The van der Waals surface area contributed by atoms with Crippen molar-refractivity contribution in [3.8, 4) is 0 Å². The first kappa shape index (κ1) is 79.1. The van der Waals surface area contributed by atoms with Crippen LogP contribution in [-0.2, 0) is 14.3 Å². The Morgan fingerprint density at radius 1 is 0.346 bits per heavy atom. The molecule has 2 unspecified atom stereocenters. The summed E-state index contributed by atoms with van der Waals surface area (Å²) in [5.41, 5.74) is 0. The molecule has 3 N–H and O–H groups in total. The van der Waals surface area contributed by atoms with E-state index in [0.29, 0.717) is 25.9 Å². The molecule has 0 rings (SSSR count). The maximum atomic E-state index is 12.5. The van der Waals surface area contributed by atoms with Gasteiger partial charge in [0.2, 0.25) is 5.91 Å². The molecule has 0 heterocycles. The summed E-state index contributed by atoms with van der Waals surface area (Å²) in [5, 5.41) is 23.3. The number of ether oxygens (including phenoxy) is 1. The van der Waals surface area contributed by atoms with Crippen LogP contribution in [0, 0.1) is 0 Å². The van der Waals surface area contributed by atoms with Crippen molar-refractivity contribution in [2.24, 2.45) is 0 Å². The first-order valence-electron chi connectivity index (χ1n) is 36.7. The van der Waals surface area contributed by atoms with Crippen molar-refractivity contribution >= 4 is 11.9 Å². The smallest absolute Gasteiger partial charge is 0.305 e. The molecule has 0 spiro atoms. The Morgan fingerprint density at radius 3 is 0.988 bits per heavy atom. The maximum absolute atomic E-state index is 12.5. The third-order valence-electron chi connectivity index (χ3n) is 17.2. The number of rotatable bonds is 69. The number of nitrogens with one attached hydrogen (secondary N) is 1. The Labute approximate surface area is 506 Å². The Hall–Kier alpha value is -1.92. The van der Waals surface area contributed by atoms with Gasteiger partial charge >= 0.3 is 5.97 Å². The van der Waals surface area contributed by atoms with E-state index in [9.17, 15) is 19.8 Å². The number of esters is 1. The van der Waals surface area contributed by atoms with Crippen LogP contribution < -0.4 is 5.32 Å². The van der Waals surface area contributed by atoms with Gasteiger partial charge in [0.1, 0.15) is 0 Å². The van der Waals surface area contributed by atoms with Crippen molar-refractivity contribution in [3.63, 3.8) is 0 Å². The number of carbonyl (C=O) groups is 2. The zero-order valence-electron chi connectivity index (χ0n) is 54.8. The Morgan fingerprint density at radius 2 is 0.630 bits per heavy atom. The minimum absolute atomic E-state index is 0.00940. The molecule has 0 radical (unpaired) electrons. The molecule has 2 atom stereocenters. The SMILES string of the molecule is CCCC/C=C\CCCCCCCC(=O)OCCCCCCCCCCCCCCCCC/C=C\C/C=C\CCCCCCCCCCCCCCCCCCCC(=O)NC(CO)C(O)CCCCCCCCCCCCCCCC. The van der Waals surface area contributed by atoms with Gasteiger partial charge < -0.3 is 20.3 Å². The molecule has 0 aliphatic heterocycles. The van der Waals surface area contributed by atoms with E-state index < -0.39 is 12.1 Å². The van der Waals surface area contributed by atoms with Crippen molar-refractivity contribution in [1.29, 1.82) is 0 Å². The highest BCUT2D eigenvalue weighted by Crippen LogP contribution is 2.19. The number of allylic oxidation sites excluding steroid dienone is 6. The molecule has 0 aliphatic rings. The largest absolute Gasteiger partial charge is 0.466 e. The quantitative estimate of drug-likeness (QED) is 0.0320. The van der Waals surface area contributed by atoms with Crippen molar-refractivity contribution < 1.29 is 24.5 Å². The number of carbonyl (C=O) groups excluding carboxylic acids is 2. The molecule has 0 aromatic rings. The fraction of sp³-hybridized carbons (Fsp3) is 0.893. The Bertz CT molecular complexity index is 1310. The van der Waals surface area contributed by atoms with E-state index in [1.165, 1.54) is 321 Å². The maximum Gasteiger partial charge on any atom is 0.305 e. The number of aliphatic hydroxyl groups is 2. The molecule has 0 saturated carbocycles.